The lowest BCUT2D eigenvalue weighted by atomic mass is 10.00. The predicted octanol–water partition coefficient (Wildman–Crippen LogP) is 1.28. The number of fused-ring (bicyclic) bond motifs is 1. The van der Waals surface area contributed by atoms with Crippen LogP contribution in [0.5, 0.6) is 0 Å². The molecule has 5 aromatic rings. The first kappa shape index (κ1) is 59.5. The number of hydrogen-bond acceptors (Lipinski definition) is 13. The van der Waals surface area contributed by atoms with Gasteiger partial charge in [-0.05, 0) is 61.1 Å². The van der Waals surface area contributed by atoms with Crippen molar-refractivity contribution in [2.45, 2.75) is 113 Å². The van der Waals surface area contributed by atoms with Crippen molar-refractivity contribution in [2.75, 3.05) is 12.3 Å². The molecule has 0 spiro atoms. The van der Waals surface area contributed by atoms with Crippen LogP contribution in [0.25, 0.3) is 10.9 Å². The van der Waals surface area contributed by atoms with E-state index >= 15 is 0 Å². The number of rotatable bonds is 15. The molecule has 78 heavy (non-hydrogen) atoms. The first-order valence-electron chi connectivity index (χ1n) is 25.4. The van der Waals surface area contributed by atoms with Gasteiger partial charge in [-0.1, -0.05) is 131 Å². The summed E-state index contributed by atoms with van der Waals surface area (Å²) in [6.07, 6.45) is 0.384. The summed E-state index contributed by atoms with van der Waals surface area (Å²) in [5.41, 5.74) is 8.99. The largest absolute Gasteiger partial charge is 0.479 e. The summed E-state index contributed by atoms with van der Waals surface area (Å²) < 4.78 is 0. The third-order valence-corrected chi connectivity index (χ3v) is 15.2. The number of aromatic nitrogens is 1. The highest BCUT2D eigenvalue weighted by Gasteiger charge is 2.37. The molecule has 1 saturated heterocycles. The number of para-hydroxylation sites is 1. The number of amides is 8. The highest BCUT2D eigenvalue weighted by atomic mass is 33.1. The third-order valence-electron chi connectivity index (χ3n) is 12.7. The van der Waals surface area contributed by atoms with E-state index in [0.717, 1.165) is 21.7 Å². The summed E-state index contributed by atoms with van der Waals surface area (Å²) in [4.78, 5) is 130. The quantitative estimate of drug-likeness (QED) is 0.0520. The van der Waals surface area contributed by atoms with Crippen LogP contribution in [0.3, 0.4) is 0 Å². The maximum atomic E-state index is 14.9. The van der Waals surface area contributed by atoms with Crippen molar-refractivity contribution in [3.63, 3.8) is 0 Å². The molecule has 414 valence electrons. The SMILES string of the molecule is CC(=O)N[C@@H]1CSS[C@H](C(=O)O)NC(=O)[C@H](Cc2ccccc2)NC(=O)[C@H]([C@@H](C)O)NC(=O)[C@H](CCCCN)NC(=O)[C@@H](Cc2c[nH]c3ccccc23)NC(=O)[C@H](Cc2ccccc2)NC(=O)[C@H](Cc2ccccc2)NC1=O. The molecule has 4 aromatic carbocycles. The van der Waals surface area contributed by atoms with Crippen LogP contribution in [0, 0.1) is 0 Å². The molecule has 0 bridgehead atoms. The van der Waals surface area contributed by atoms with Gasteiger partial charge in [0.2, 0.25) is 47.3 Å². The Kier molecular flexibility index (Phi) is 22.7. The second-order valence-corrected chi connectivity index (χ2v) is 21.3. The van der Waals surface area contributed by atoms with Crippen molar-refractivity contribution in [1.29, 1.82) is 0 Å². The topological polar surface area (TPSA) is 332 Å². The van der Waals surface area contributed by atoms with Crippen molar-refractivity contribution in [3.05, 3.63) is 144 Å². The molecule has 0 aliphatic carbocycles. The number of carbonyl (C=O) groups excluding carboxylic acids is 8. The second-order valence-electron chi connectivity index (χ2n) is 18.8. The molecule has 0 radical (unpaired) electrons. The van der Waals surface area contributed by atoms with Gasteiger partial charge in [0.05, 0.1) is 6.10 Å². The lowest BCUT2D eigenvalue weighted by molar-refractivity contribution is -0.140. The molecule has 8 amide bonds. The van der Waals surface area contributed by atoms with Gasteiger partial charge in [-0.3, -0.25) is 38.4 Å². The fourth-order valence-electron chi connectivity index (χ4n) is 8.64. The number of aliphatic hydroxyl groups is 1. The molecule has 1 aliphatic rings. The van der Waals surface area contributed by atoms with Gasteiger partial charge < -0.3 is 63.5 Å². The molecule has 1 aromatic heterocycles. The molecule has 0 saturated carbocycles. The molecule has 13 N–H and O–H groups in total. The molecule has 2 heterocycles. The van der Waals surface area contributed by atoms with Gasteiger partial charge in [0, 0.05) is 55.5 Å². The molecule has 9 atom stereocenters. The molecular formula is C55H66N10O11S2. The Morgan fingerprint density at radius 2 is 1.04 bits per heavy atom. The van der Waals surface area contributed by atoms with Crippen LogP contribution in [0.1, 0.15) is 55.4 Å². The van der Waals surface area contributed by atoms with Crippen LogP contribution in [-0.2, 0) is 68.8 Å². The second kappa shape index (κ2) is 29.7. The Bertz CT molecular complexity index is 2860. The monoisotopic (exact) mass is 1110 g/mol. The van der Waals surface area contributed by atoms with Crippen LogP contribution in [0.15, 0.2) is 121 Å². The Labute approximate surface area is 458 Å². The molecule has 1 aliphatic heterocycles. The maximum Gasteiger partial charge on any atom is 0.337 e. The van der Waals surface area contributed by atoms with Gasteiger partial charge in [-0.15, -0.1) is 0 Å². The summed E-state index contributed by atoms with van der Waals surface area (Å²) in [5.74, 6) is -8.55. The minimum Gasteiger partial charge on any atom is -0.479 e. The van der Waals surface area contributed by atoms with E-state index in [1.165, 1.54) is 13.8 Å². The van der Waals surface area contributed by atoms with Crippen LogP contribution in [0.4, 0.5) is 0 Å². The number of carboxylic acid groups (broad SMARTS) is 1. The van der Waals surface area contributed by atoms with Crippen molar-refractivity contribution in [1.82, 2.24) is 47.5 Å². The van der Waals surface area contributed by atoms with E-state index in [2.05, 4.69) is 47.5 Å². The molecule has 0 unspecified atom stereocenters. The van der Waals surface area contributed by atoms with Crippen molar-refractivity contribution < 1.29 is 53.4 Å². The first-order chi connectivity index (χ1) is 37.5. The number of nitrogens with one attached hydrogen (secondary N) is 9. The van der Waals surface area contributed by atoms with E-state index in [-0.39, 0.29) is 44.4 Å². The fraction of sp³-hybridized carbons (Fsp3) is 0.364. The number of aliphatic carboxylic acids is 1. The van der Waals surface area contributed by atoms with Gasteiger partial charge in [-0.2, -0.15) is 0 Å². The van der Waals surface area contributed by atoms with Gasteiger partial charge in [0.15, 0.2) is 5.37 Å². The van der Waals surface area contributed by atoms with E-state index in [1.54, 1.807) is 97.2 Å². The number of benzene rings is 4. The molecule has 23 heteroatoms. The number of nitrogens with two attached hydrogens (primary N) is 1. The summed E-state index contributed by atoms with van der Waals surface area (Å²) in [6, 6.07) is 23.1. The number of aromatic amines is 1. The van der Waals surface area contributed by atoms with E-state index in [0.29, 0.717) is 45.9 Å². The Hall–Kier alpha value is -7.73. The van der Waals surface area contributed by atoms with Crippen LogP contribution >= 0.6 is 21.6 Å². The van der Waals surface area contributed by atoms with Crippen molar-refractivity contribution in [3.8, 4) is 0 Å². The zero-order chi connectivity index (χ0) is 56.1. The summed E-state index contributed by atoms with van der Waals surface area (Å²) in [6.45, 7) is 2.65. The van der Waals surface area contributed by atoms with Gasteiger partial charge >= 0.3 is 5.97 Å². The fourth-order valence-corrected chi connectivity index (χ4v) is 10.9. The smallest absolute Gasteiger partial charge is 0.337 e. The minimum absolute atomic E-state index is 0.00796. The average molecular weight is 1110 g/mol. The first-order valence-corrected chi connectivity index (χ1v) is 27.8. The summed E-state index contributed by atoms with van der Waals surface area (Å²) in [5, 5.41) is 41.6. The minimum atomic E-state index is -1.72. The van der Waals surface area contributed by atoms with E-state index in [9.17, 15) is 53.4 Å². The normalized spacial score (nSPS) is 23.1. The number of hydrogen-bond donors (Lipinski definition) is 12. The van der Waals surface area contributed by atoms with E-state index < -0.39 is 107 Å². The number of aliphatic hydroxyl groups excluding tert-OH is 1. The highest BCUT2D eigenvalue weighted by Crippen LogP contribution is 2.27. The van der Waals surface area contributed by atoms with Crippen LogP contribution in [0.2, 0.25) is 0 Å². The Morgan fingerprint density at radius 1 is 0.590 bits per heavy atom. The van der Waals surface area contributed by atoms with E-state index in [4.69, 9.17) is 5.73 Å². The van der Waals surface area contributed by atoms with E-state index in [1.807, 2.05) is 24.3 Å². The van der Waals surface area contributed by atoms with Crippen molar-refractivity contribution >= 4 is 85.7 Å². The molecule has 6 rings (SSSR count). The lowest BCUT2D eigenvalue weighted by Gasteiger charge is -2.29. The lowest BCUT2D eigenvalue weighted by Crippen LogP contribution is -2.62. The van der Waals surface area contributed by atoms with Gasteiger partial charge in [0.1, 0.15) is 42.3 Å². The Morgan fingerprint density at radius 3 is 1.54 bits per heavy atom. The average Bonchev–Trinajstić information content (AvgIpc) is 3.83. The van der Waals surface area contributed by atoms with Crippen LogP contribution < -0.4 is 48.3 Å². The molecule has 1 fully saturated rings. The Balaban J connectivity index is 1.43. The number of H-pyrrole nitrogens is 1. The van der Waals surface area contributed by atoms with Crippen LogP contribution in [-0.4, -0.2) is 134 Å². The van der Waals surface area contributed by atoms with Gasteiger partial charge in [0.25, 0.3) is 0 Å². The highest BCUT2D eigenvalue weighted by molar-refractivity contribution is 8.77. The number of unbranched alkanes of at least 4 members (excludes halogenated alkanes) is 1. The molecule has 21 nitrogen and oxygen atoms in total. The number of carbonyl (C=O) groups is 9. The zero-order valence-corrected chi connectivity index (χ0v) is 44.7. The maximum absolute atomic E-state index is 14.9. The van der Waals surface area contributed by atoms with Gasteiger partial charge in [-0.25, -0.2) is 4.79 Å². The predicted molar refractivity (Wildman–Crippen MR) is 296 cm³/mol. The standard InChI is InChI=1S/C55H66N10O11S2/c1-32(66)46-53(74)63-43(28-36-20-10-5-11-21-36)51(72)65-54(55(75)76)78-77-31-45(58-33(2)67)52(73)61-42(27-35-18-8-4-9-19-35)48(69)60-41(26-34-16-6-3-7-17-34)49(70)62-44(29-37-30-57-39-23-13-12-22-38(37)39)50(71)59-40(47(68)64-46)24-14-15-25-56/h3-13,16-23,30,32,40-46,54,57,66H,14-15,24-29,31,56H2,1-2H3,(H,58,67)(H,59,71)(H,60,69)(H,61,73)(H,62,70)(H,63,74)(H,64,68)(H,65,72)(H,75,76)/t32-,40+,41+,42+,43+,44-,45-,46+,54-/m1/s1. The number of carboxylic acids is 1. The summed E-state index contributed by atoms with van der Waals surface area (Å²) >= 11 is 0. The van der Waals surface area contributed by atoms with Crippen molar-refractivity contribution in [2.24, 2.45) is 5.73 Å². The third kappa shape index (κ3) is 17.9. The summed E-state index contributed by atoms with van der Waals surface area (Å²) in [7, 11) is 1.45. The zero-order valence-electron chi connectivity index (χ0n) is 43.1. The molecular weight excluding hydrogens is 1040 g/mol.